The molecule has 0 amide bonds. The van der Waals surface area contributed by atoms with E-state index in [1.54, 1.807) is 19.1 Å². The van der Waals surface area contributed by atoms with E-state index >= 15 is 0 Å². The van der Waals surface area contributed by atoms with Gasteiger partial charge in [0.1, 0.15) is 4.90 Å². The SMILES string of the molecule is Cc1cccc(S(=O)(=O)Cl)c1N. The van der Waals surface area contributed by atoms with Crippen molar-refractivity contribution in [2.75, 3.05) is 5.73 Å². The molecule has 0 bridgehead atoms. The number of aryl methyl sites for hydroxylation is 1. The van der Waals surface area contributed by atoms with Gasteiger partial charge in [-0.1, -0.05) is 12.1 Å². The van der Waals surface area contributed by atoms with Crippen molar-refractivity contribution >= 4 is 25.4 Å². The van der Waals surface area contributed by atoms with Crippen LogP contribution in [0.5, 0.6) is 0 Å². The third-order valence-electron chi connectivity index (χ3n) is 1.55. The topological polar surface area (TPSA) is 60.2 Å². The summed E-state index contributed by atoms with van der Waals surface area (Å²) in [7, 11) is 1.42. The van der Waals surface area contributed by atoms with E-state index in [1.165, 1.54) is 6.07 Å². The minimum absolute atomic E-state index is 0.0239. The molecule has 0 heterocycles. The van der Waals surface area contributed by atoms with Gasteiger partial charge in [0.25, 0.3) is 9.05 Å². The highest BCUT2D eigenvalue weighted by molar-refractivity contribution is 8.13. The highest BCUT2D eigenvalue weighted by Gasteiger charge is 2.14. The molecule has 0 saturated carbocycles. The molecular formula is C7H8ClNO2S. The van der Waals surface area contributed by atoms with Crippen molar-refractivity contribution in [1.82, 2.24) is 0 Å². The van der Waals surface area contributed by atoms with Crippen LogP contribution >= 0.6 is 10.7 Å². The molecule has 0 aliphatic carbocycles. The third kappa shape index (κ3) is 1.70. The lowest BCUT2D eigenvalue weighted by Crippen LogP contribution is -1.99. The van der Waals surface area contributed by atoms with E-state index in [9.17, 15) is 8.42 Å². The molecule has 1 rings (SSSR count). The van der Waals surface area contributed by atoms with Crippen molar-refractivity contribution < 1.29 is 8.42 Å². The van der Waals surface area contributed by atoms with Gasteiger partial charge in [0.15, 0.2) is 0 Å². The molecule has 0 fully saturated rings. The Morgan fingerprint density at radius 2 is 2.00 bits per heavy atom. The normalized spacial score (nSPS) is 11.5. The molecule has 5 heteroatoms. The smallest absolute Gasteiger partial charge is 0.263 e. The van der Waals surface area contributed by atoms with Crippen LogP contribution in [-0.4, -0.2) is 8.42 Å². The Morgan fingerprint density at radius 1 is 1.42 bits per heavy atom. The number of nitrogen functional groups attached to an aromatic ring is 1. The van der Waals surface area contributed by atoms with Gasteiger partial charge in [-0.05, 0) is 18.6 Å². The Hall–Kier alpha value is -0.740. The van der Waals surface area contributed by atoms with E-state index in [1.807, 2.05) is 0 Å². The van der Waals surface area contributed by atoms with Crippen molar-refractivity contribution in [2.45, 2.75) is 11.8 Å². The summed E-state index contributed by atoms with van der Waals surface area (Å²) in [6.45, 7) is 1.72. The Morgan fingerprint density at radius 3 is 2.42 bits per heavy atom. The van der Waals surface area contributed by atoms with E-state index in [-0.39, 0.29) is 10.6 Å². The number of rotatable bonds is 1. The fourth-order valence-corrected chi connectivity index (χ4v) is 1.93. The molecule has 66 valence electrons. The Bertz CT molecular complexity index is 400. The summed E-state index contributed by atoms with van der Waals surface area (Å²) in [6.07, 6.45) is 0. The lowest BCUT2D eigenvalue weighted by Gasteiger charge is -2.03. The van der Waals surface area contributed by atoms with Gasteiger partial charge in [0.2, 0.25) is 0 Å². The fraction of sp³-hybridized carbons (Fsp3) is 0.143. The van der Waals surface area contributed by atoms with Gasteiger partial charge in [-0.25, -0.2) is 8.42 Å². The summed E-state index contributed by atoms with van der Waals surface area (Å²) in [5.74, 6) is 0. The molecule has 0 spiro atoms. The van der Waals surface area contributed by atoms with Gasteiger partial charge < -0.3 is 5.73 Å². The zero-order chi connectivity index (χ0) is 9.35. The van der Waals surface area contributed by atoms with Crippen LogP contribution in [0.2, 0.25) is 0 Å². The fourth-order valence-electron chi connectivity index (χ4n) is 0.866. The number of anilines is 1. The second-order valence-corrected chi connectivity index (χ2v) is 4.96. The first kappa shape index (κ1) is 9.35. The molecule has 1 aromatic rings. The molecule has 3 nitrogen and oxygen atoms in total. The lowest BCUT2D eigenvalue weighted by atomic mass is 10.2. The first-order valence-electron chi connectivity index (χ1n) is 3.22. The maximum absolute atomic E-state index is 10.9. The van der Waals surface area contributed by atoms with Gasteiger partial charge in [-0.3, -0.25) is 0 Å². The van der Waals surface area contributed by atoms with Crippen LogP contribution in [-0.2, 0) is 9.05 Å². The van der Waals surface area contributed by atoms with Crippen molar-refractivity contribution in [3.8, 4) is 0 Å². The molecular weight excluding hydrogens is 198 g/mol. The quantitative estimate of drug-likeness (QED) is 0.559. The van der Waals surface area contributed by atoms with Crippen LogP contribution in [0.1, 0.15) is 5.56 Å². The number of halogens is 1. The van der Waals surface area contributed by atoms with Gasteiger partial charge in [0, 0.05) is 10.7 Å². The molecule has 0 saturated heterocycles. The van der Waals surface area contributed by atoms with Gasteiger partial charge in [-0.15, -0.1) is 0 Å². The van der Waals surface area contributed by atoms with E-state index < -0.39 is 9.05 Å². The van der Waals surface area contributed by atoms with Crippen LogP contribution in [0.3, 0.4) is 0 Å². The lowest BCUT2D eigenvalue weighted by molar-refractivity contribution is 0.610. The largest absolute Gasteiger partial charge is 0.397 e. The minimum atomic E-state index is -3.71. The number of hydrogen-bond donors (Lipinski definition) is 1. The standard InChI is InChI=1S/C7H8ClNO2S/c1-5-3-2-4-6(7(5)9)12(8,10)11/h2-4H,9H2,1H3. The van der Waals surface area contributed by atoms with E-state index in [4.69, 9.17) is 16.4 Å². The van der Waals surface area contributed by atoms with Crippen LogP contribution in [0.4, 0.5) is 5.69 Å². The van der Waals surface area contributed by atoms with Crippen molar-refractivity contribution in [3.63, 3.8) is 0 Å². The molecule has 0 aliphatic rings. The first-order valence-corrected chi connectivity index (χ1v) is 5.53. The summed E-state index contributed by atoms with van der Waals surface area (Å²) in [4.78, 5) is -0.0239. The molecule has 0 radical (unpaired) electrons. The number of para-hydroxylation sites is 1. The van der Waals surface area contributed by atoms with Gasteiger partial charge in [0.05, 0.1) is 5.69 Å². The number of hydrogen-bond acceptors (Lipinski definition) is 3. The maximum Gasteiger partial charge on any atom is 0.263 e. The van der Waals surface area contributed by atoms with E-state index in [0.29, 0.717) is 5.56 Å². The number of benzene rings is 1. The van der Waals surface area contributed by atoms with E-state index in [2.05, 4.69) is 0 Å². The van der Waals surface area contributed by atoms with Crippen molar-refractivity contribution in [3.05, 3.63) is 23.8 Å². The first-order chi connectivity index (χ1) is 5.43. The second-order valence-electron chi connectivity index (χ2n) is 2.42. The maximum atomic E-state index is 10.9. The molecule has 0 unspecified atom stereocenters. The highest BCUT2D eigenvalue weighted by atomic mass is 35.7. The average Bonchev–Trinajstić information content (AvgIpc) is 1.92. The molecule has 0 atom stereocenters. The van der Waals surface area contributed by atoms with Gasteiger partial charge >= 0.3 is 0 Å². The molecule has 1 aromatic carbocycles. The second kappa shape index (κ2) is 2.95. The summed E-state index contributed by atoms with van der Waals surface area (Å²) >= 11 is 0. The van der Waals surface area contributed by atoms with Gasteiger partial charge in [-0.2, -0.15) is 0 Å². The van der Waals surface area contributed by atoms with Crippen LogP contribution in [0, 0.1) is 6.92 Å². The molecule has 0 aromatic heterocycles. The summed E-state index contributed by atoms with van der Waals surface area (Å²) < 4.78 is 21.8. The molecule has 2 N–H and O–H groups in total. The highest BCUT2D eigenvalue weighted by Crippen LogP contribution is 2.24. The Kier molecular flexibility index (Phi) is 2.30. The Balaban J connectivity index is 3.47. The van der Waals surface area contributed by atoms with Crippen LogP contribution < -0.4 is 5.73 Å². The summed E-state index contributed by atoms with van der Waals surface area (Å²) in [5, 5.41) is 0. The summed E-state index contributed by atoms with van der Waals surface area (Å²) in [5.41, 5.74) is 6.43. The van der Waals surface area contributed by atoms with Crippen molar-refractivity contribution in [2.24, 2.45) is 0 Å². The number of nitrogens with two attached hydrogens (primary N) is 1. The predicted octanol–water partition coefficient (Wildman–Crippen LogP) is 1.50. The zero-order valence-electron chi connectivity index (χ0n) is 6.41. The molecule has 12 heavy (non-hydrogen) atoms. The summed E-state index contributed by atoms with van der Waals surface area (Å²) in [6, 6.07) is 4.70. The monoisotopic (exact) mass is 205 g/mol. The van der Waals surface area contributed by atoms with Crippen LogP contribution in [0.15, 0.2) is 23.1 Å². The predicted molar refractivity (Wildman–Crippen MR) is 48.6 cm³/mol. The molecule has 0 aliphatic heterocycles. The van der Waals surface area contributed by atoms with Crippen molar-refractivity contribution in [1.29, 1.82) is 0 Å². The third-order valence-corrected chi connectivity index (χ3v) is 2.93. The minimum Gasteiger partial charge on any atom is -0.397 e. The zero-order valence-corrected chi connectivity index (χ0v) is 7.98. The average molecular weight is 206 g/mol. The Labute approximate surface area is 75.6 Å². The van der Waals surface area contributed by atoms with E-state index in [0.717, 1.165) is 0 Å². The van der Waals surface area contributed by atoms with Crippen LogP contribution in [0.25, 0.3) is 0 Å².